The Balaban J connectivity index is 1.75. The monoisotopic (exact) mass is 386 g/mol. The van der Waals surface area contributed by atoms with Gasteiger partial charge in [-0.15, -0.1) is 0 Å². The number of halogens is 2. The molecule has 7 nitrogen and oxygen atoms in total. The zero-order chi connectivity index (χ0) is 19.8. The number of nitrogens with zero attached hydrogens (tertiary/aromatic N) is 4. The first-order valence-electron chi connectivity index (χ1n) is 9.07. The van der Waals surface area contributed by atoms with E-state index < -0.39 is 12.3 Å². The van der Waals surface area contributed by atoms with E-state index in [1.54, 1.807) is 12.1 Å². The van der Waals surface area contributed by atoms with E-state index in [1.165, 1.54) is 16.8 Å². The third-order valence-electron chi connectivity index (χ3n) is 5.29. The fourth-order valence-corrected chi connectivity index (χ4v) is 3.86. The molecule has 0 aliphatic heterocycles. The number of aromatic nitrogens is 5. The maximum atomic E-state index is 13.1. The van der Waals surface area contributed by atoms with Crippen LogP contribution >= 0.6 is 0 Å². The van der Waals surface area contributed by atoms with E-state index >= 15 is 0 Å². The van der Waals surface area contributed by atoms with Crippen LogP contribution in [0.25, 0.3) is 11.4 Å². The van der Waals surface area contributed by atoms with Crippen molar-refractivity contribution in [3.63, 3.8) is 0 Å². The Bertz CT molecular complexity index is 1010. The highest BCUT2D eigenvalue weighted by Gasteiger charge is 2.33. The number of aromatic amines is 1. The Kier molecular flexibility index (Phi) is 4.66. The van der Waals surface area contributed by atoms with E-state index in [1.807, 2.05) is 6.20 Å². The summed E-state index contributed by atoms with van der Waals surface area (Å²) >= 11 is 0. The van der Waals surface area contributed by atoms with Crippen molar-refractivity contribution < 1.29 is 13.6 Å². The molecular formula is C19H20F2N6O. The van der Waals surface area contributed by atoms with Crippen molar-refractivity contribution in [3.8, 4) is 11.4 Å². The topological polar surface area (TPSA) is 102 Å². The Morgan fingerprint density at radius 3 is 3.00 bits per heavy atom. The average molecular weight is 386 g/mol. The number of carbonyl (C=O) groups excluding carboxylic acids is 1. The van der Waals surface area contributed by atoms with E-state index in [0.29, 0.717) is 17.2 Å². The van der Waals surface area contributed by atoms with Gasteiger partial charge in [0.25, 0.3) is 6.43 Å². The number of alkyl halides is 2. The number of benzene rings is 1. The minimum absolute atomic E-state index is 0.0176. The van der Waals surface area contributed by atoms with Gasteiger partial charge in [0.1, 0.15) is 12.4 Å². The Hall–Kier alpha value is -3.10. The number of fused-ring (bicyclic) bond motifs is 1. The van der Waals surface area contributed by atoms with Crippen LogP contribution in [0.1, 0.15) is 54.3 Å². The van der Waals surface area contributed by atoms with Gasteiger partial charge >= 0.3 is 0 Å². The highest BCUT2D eigenvalue weighted by atomic mass is 19.3. The number of primary amides is 1. The number of H-pyrrole nitrogens is 1. The van der Waals surface area contributed by atoms with Gasteiger partial charge in [0.15, 0.2) is 5.82 Å². The van der Waals surface area contributed by atoms with Gasteiger partial charge in [0.2, 0.25) is 5.91 Å². The molecular weight excluding hydrogens is 366 g/mol. The number of rotatable bonds is 5. The minimum atomic E-state index is -2.58. The van der Waals surface area contributed by atoms with E-state index in [4.69, 9.17) is 5.73 Å². The molecule has 2 unspecified atom stereocenters. The quantitative estimate of drug-likeness (QED) is 0.704. The van der Waals surface area contributed by atoms with E-state index in [-0.39, 0.29) is 23.9 Å². The van der Waals surface area contributed by atoms with Crippen LogP contribution in [0.4, 0.5) is 8.78 Å². The second-order valence-corrected chi connectivity index (χ2v) is 7.08. The molecule has 1 aliphatic carbocycles. The number of amides is 1. The zero-order valence-electron chi connectivity index (χ0n) is 15.3. The van der Waals surface area contributed by atoms with Crippen LogP contribution in [0.2, 0.25) is 0 Å². The minimum Gasteiger partial charge on any atom is -0.368 e. The summed E-state index contributed by atoms with van der Waals surface area (Å²) in [5.74, 6) is 0.550. The molecule has 1 amide bonds. The molecule has 0 bridgehead atoms. The molecule has 2 atom stereocenters. The van der Waals surface area contributed by atoms with Crippen molar-refractivity contribution in [1.29, 1.82) is 0 Å². The fourth-order valence-electron chi connectivity index (χ4n) is 3.86. The van der Waals surface area contributed by atoms with Gasteiger partial charge in [-0.1, -0.05) is 25.1 Å². The first-order valence-corrected chi connectivity index (χ1v) is 9.07. The molecule has 2 aromatic heterocycles. The molecule has 2 heterocycles. The van der Waals surface area contributed by atoms with Crippen molar-refractivity contribution in [1.82, 2.24) is 25.0 Å². The van der Waals surface area contributed by atoms with Crippen molar-refractivity contribution in [2.24, 2.45) is 5.73 Å². The number of hydrogen-bond acceptors (Lipinski definition) is 4. The molecule has 3 aromatic rings. The van der Waals surface area contributed by atoms with Crippen LogP contribution in [-0.2, 0) is 17.8 Å². The van der Waals surface area contributed by atoms with Gasteiger partial charge in [-0.05, 0) is 30.4 Å². The van der Waals surface area contributed by atoms with E-state index in [2.05, 4.69) is 27.2 Å². The molecule has 4 rings (SSSR count). The summed E-state index contributed by atoms with van der Waals surface area (Å²) in [5.41, 5.74) is 7.99. The third-order valence-corrected chi connectivity index (χ3v) is 5.29. The number of hydrogen-bond donors (Lipinski definition) is 2. The van der Waals surface area contributed by atoms with E-state index in [0.717, 1.165) is 24.1 Å². The van der Waals surface area contributed by atoms with Gasteiger partial charge in [-0.2, -0.15) is 10.2 Å². The summed E-state index contributed by atoms with van der Waals surface area (Å²) in [5, 5.41) is 11.5. The summed E-state index contributed by atoms with van der Waals surface area (Å²) in [6.07, 6.45) is 0.854. The Morgan fingerprint density at radius 1 is 1.43 bits per heavy atom. The summed E-state index contributed by atoms with van der Waals surface area (Å²) < 4.78 is 27.6. The first-order chi connectivity index (χ1) is 13.4. The number of nitrogens with two attached hydrogens (primary N) is 1. The lowest BCUT2D eigenvalue weighted by molar-refractivity contribution is -0.118. The highest BCUT2D eigenvalue weighted by molar-refractivity contribution is 5.73. The molecule has 0 saturated carbocycles. The maximum absolute atomic E-state index is 13.1. The average Bonchev–Trinajstić information content (AvgIpc) is 3.29. The third kappa shape index (κ3) is 3.28. The SMILES string of the molecule is CC1c2cn[nH]c2CCC1c1nc(-c2cccc(C(F)F)c2)nn1CC(N)=O. The lowest BCUT2D eigenvalue weighted by atomic mass is 9.78. The summed E-state index contributed by atoms with van der Waals surface area (Å²) in [4.78, 5) is 16.2. The fraction of sp³-hybridized carbons (Fsp3) is 0.368. The smallest absolute Gasteiger partial charge is 0.263 e. The molecule has 146 valence electrons. The molecule has 0 fully saturated rings. The first kappa shape index (κ1) is 18.3. The second-order valence-electron chi connectivity index (χ2n) is 7.08. The van der Waals surface area contributed by atoms with Gasteiger partial charge in [-0.3, -0.25) is 9.89 Å². The molecule has 1 aromatic carbocycles. The predicted octanol–water partition coefficient (Wildman–Crippen LogP) is 2.92. The molecule has 28 heavy (non-hydrogen) atoms. The number of nitrogens with one attached hydrogen (secondary N) is 1. The standard InChI is InChI=1S/C19H20F2N6O/c1-10-13(5-6-15-14(10)8-23-25-15)19-24-18(26-27(19)9-16(22)28)12-4-2-3-11(7-12)17(20)21/h2-4,7-8,10,13,17H,5-6,9H2,1H3,(H2,22,28)(H,23,25). The lowest BCUT2D eigenvalue weighted by Crippen LogP contribution is -2.25. The van der Waals surface area contributed by atoms with Crippen molar-refractivity contribution >= 4 is 5.91 Å². The number of aryl methyl sites for hydroxylation is 1. The van der Waals surface area contributed by atoms with Crippen molar-refractivity contribution in [3.05, 3.63) is 53.1 Å². The molecule has 0 spiro atoms. The second kappa shape index (κ2) is 7.14. The van der Waals surface area contributed by atoms with Crippen LogP contribution < -0.4 is 5.73 Å². The molecule has 9 heteroatoms. The maximum Gasteiger partial charge on any atom is 0.263 e. The highest BCUT2D eigenvalue weighted by Crippen LogP contribution is 2.41. The summed E-state index contributed by atoms with van der Waals surface area (Å²) in [7, 11) is 0. The zero-order valence-corrected chi connectivity index (χ0v) is 15.3. The molecule has 0 saturated heterocycles. The van der Waals surface area contributed by atoms with Crippen LogP contribution in [0.5, 0.6) is 0 Å². The molecule has 3 N–H and O–H groups in total. The van der Waals surface area contributed by atoms with Gasteiger partial charge in [-0.25, -0.2) is 18.4 Å². The van der Waals surface area contributed by atoms with Crippen molar-refractivity contribution in [2.45, 2.75) is 44.6 Å². The van der Waals surface area contributed by atoms with Gasteiger partial charge in [0.05, 0.1) is 6.20 Å². The van der Waals surface area contributed by atoms with Crippen molar-refractivity contribution in [2.75, 3.05) is 0 Å². The molecule has 1 aliphatic rings. The van der Waals surface area contributed by atoms with Crippen LogP contribution in [0, 0.1) is 0 Å². The van der Waals surface area contributed by atoms with Crippen LogP contribution in [0.3, 0.4) is 0 Å². The largest absolute Gasteiger partial charge is 0.368 e. The van der Waals surface area contributed by atoms with Crippen LogP contribution in [-0.4, -0.2) is 30.9 Å². The van der Waals surface area contributed by atoms with Gasteiger partial charge < -0.3 is 5.73 Å². The lowest BCUT2D eigenvalue weighted by Gasteiger charge is -2.27. The number of carbonyl (C=O) groups is 1. The summed E-state index contributed by atoms with van der Waals surface area (Å²) in [6.45, 7) is 1.97. The Labute approximate surface area is 160 Å². The summed E-state index contributed by atoms with van der Waals surface area (Å²) in [6, 6.07) is 5.96. The predicted molar refractivity (Wildman–Crippen MR) is 97.7 cm³/mol. The normalized spacial score (nSPS) is 19.0. The Morgan fingerprint density at radius 2 is 2.25 bits per heavy atom. The van der Waals surface area contributed by atoms with E-state index in [9.17, 15) is 13.6 Å². The van der Waals surface area contributed by atoms with Crippen LogP contribution in [0.15, 0.2) is 30.5 Å². The molecule has 0 radical (unpaired) electrons. The van der Waals surface area contributed by atoms with Gasteiger partial charge in [0, 0.05) is 22.7 Å².